The van der Waals surface area contributed by atoms with Gasteiger partial charge in [-0.25, -0.2) is 0 Å². The largest absolute Gasteiger partial charge is 0.399 e. The molecule has 2 aromatic heterocycles. The highest BCUT2D eigenvalue weighted by atomic mass is 15.3. The average Bonchev–Trinajstić information content (AvgIpc) is 3.08. The first-order chi connectivity index (χ1) is 13.6. The van der Waals surface area contributed by atoms with Crippen LogP contribution in [-0.2, 0) is 6.42 Å². The minimum absolute atomic E-state index is 0.654. The summed E-state index contributed by atoms with van der Waals surface area (Å²) in [6.07, 6.45) is 2.54. The number of hydrogen-bond acceptors (Lipinski definition) is 4. The van der Waals surface area contributed by atoms with Gasteiger partial charge >= 0.3 is 0 Å². The van der Waals surface area contributed by atoms with E-state index in [-0.39, 0.29) is 0 Å². The van der Waals surface area contributed by atoms with E-state index in [1.807, 2.05) is 59.9 Å². The summed E-state index contributed by atoms with van der Waals surface area (Å²) in [4.78, 5) is 3.38. The highest BCUT2D eigenvalue weighted by molar-refractivity contribution is 5.81. The maximum absolute atomic E-state index is 9.76. The van der Waals surface area contributed by atoms with Crippen LogP contribution in [0.25, 0.3) is 16.7 Å². The van der Waals surface area contributed by atoms with Crippen molar-refractivity contribution in [1.29, 1.82) is 5.26 Å². The van der Waals surface area contributed by atoms with Crippen molar-refractivity contribution in [2.75, 3.05) is 11.2 Å². The number of nitrogens with one attached hydrogen (secondary N) is 2. The lowest BCUT2D eigenvalue weighted by Gasteiger charge is -2.10. The number of fused-ring (bicyclic) bond motifs is 3. The molecule has 4 N–H and O–H groups in total. The number of nitrogens with zero attached hydrogens (tertiary/aromatic N) is 3. The van der Waals surface area contributed by atoms with Gasteiger partial charge < -0.3 is 5.73 Å². The van der Waals surface area contributed by atoms with E-state index < -0.39 is 0 Å². The molecule has 0 aliphatic carbocycles. The third kappa shape index (κ3) is 2.83. The minimum atomic E-state index is 0.654. The van der Waals surface area contributed by atoms with Gasteiger partial charge in [0.25, 0.3) is 5.82 Å². The molecule has 0 aliphatic heterocycles. The highest BCUT2D eigenvalue weighted by Gasteiger charge is 2.24. The number of hydrogen-bond donors (Lipinski definition) is 3. The Morgan fingerprint density at radius 3 is 2.68 bits per heavy atom. The predicted molar refractivity (Wildman–Crippen MR) is 112 cm³/mol. The van der Waals surface area contributed by atoms with Gasteiger partial charge in [-0.2, -0.15) is 15.1 Å². The van der Waals surface area contributed by atoms with Crippen LogP contribution in [0.4, 0.5) is 11.5 Å². The van der Waals surface area contributed by atoms with Crippen molar-refractivity contribution < 1.29 is 4.40 Å². The number of nitriles is 1. The van der Waals surface area contributed by atoms with Crippen molar-refractivity contribution in [1.82, 2.24) is 4.98 Å². The van der Waals surface area contributed by atoms with Gasteiger partial charge in [0.15, 0.2) is 0 Å². The van der Waals surface area contributed by atoms with Crippen molar-refractivity contribution in [2.45, 2.75) is 20.3 Å². The molecule has 4 aromatic rings. The van der Waals surface area contributed by atoms with Crippen LogP contribution < -0.4 is 15.6 Å². The number of nitrogen functional groups attached to an aromatic ring is 1. The molecular formula is C22H21N6+. The monoisotopic (exact) mass is 369 g/mol. The quantitative estimate of drug-likeness (QED) is 0.222. The Morgan fingerprint density at radius 2 is 1.96 bits per heavy atom. The summed E-state index contributed by atoms with van der Waals surface area (Å²) in [6, 6.07) is 17.9. The minimum Gasteiger partial charge on any atom is -0.399 e. The topological polar surface area (TPSA) is 94.1 Å². The fourth-order valence-electron chi connectivity index (χ4n) is 3.56. The molecule has 0 saturated heterocycles. The SMILES string of the molecule is CCc1c(C)c(C#N)c2[nH]c3ccccc3[n+]2c1NN=Cc1ccc(N)cc1. The molecule has 0 unspecified atom stereocenters. The molecule has 0 atom stereocenters. The molecular weight excluding hydrogens is 348 g/mol. The fourth-order valence-corrected chi connectivity index (χ4v) is 3.56. The standard InChI is InChI=1S/C22H20N6/c1-3-17-14(2)18(12-23)21-26-19-6-4-5-7-20(19)28(21)22(17)27-25-13-15-8-10-16(24)11-9-15/h4-11,13H,3H2,1-2H3,(H3,24,25,26,27)/p+1. The first-order valence-electron chi connectivity index (χ1n) is 9.16. The summed E-state index contributed by atoms with van der Waals surface area (Å²) in [5.74, 6) is 0.859. The van der Waals surface area contributed by atoms with Crippen LogP contribution in [-0.4, -0.2) is 11.2 Å². The van der Waals surface area contributed by atoms with Crippen LogP contribution >= 0.6 is 0 Å². The van der Waals surface area contributed by atoms with Gasteiger partial charge in [-0.15, -0.1) is 5.10 Å². The van der Waals surface area contributed by atoms with E-state index >= 15 is 0 Å². The lowest BCUT2D eigenvalue weighted by molar-refractivity contribution is -0.465. The number of pyridine rings is 1. The second kappa shape index (κ2) is 7.05. The number of aromatic amines is 1. The Kier molecular flexibility index (Phi) is 4.42. The molecule has 2 heterocycles. The van der Waals surface area contributed by atoms with E-state index in [0.717, 1.165) is 51.3 Å². The Hall–Kier alpha value is -3.85. The number of H-pyrrole nitrogens is 1. The smallest absolute Gasteiger partial charge is 0.253 e. The molecule has 0 radical (unpaired) electrons. The fraction of sp³-hybridized carbons (Fsp3) is 0.136. The molecule has 0 fully saturated rings. The molecule has 0 bridgehead atoms. The maximum atomic E-state index is 9.76. The third-order valence-corrected chi connectivity index (χ3v) is 4.98. The zero-order chi connectivity index (χ0) is 19.7. The van der Waals surface area contributed by atoms with Crippen molar-refractivity contribution in [2.24, 2.45) is 5.10 Å². The number of aromatic nitrogens is 2. The second-order valence-electron chi connectivity index (χ2n) is 6.66. The number of nitrogens with two attached hydrogens (primary N) is 1. The summed E-state index contributed by atoms with van der Waals surface area (Å²) < 4.78 is 2.04. The predicted octanol–water partition coefficient (Wildman–Crippen LogP) is 3.68. The van der Waals surface area contributed by atoms with Crippen LogP contribution in [0.3, 0.4) is 0 Å². The van der Waals surface area contributed by atoms with Crippen molar-refractivity contribution in [3.63, 3.8) is 0 Å². The number of benzene rings is 2. The lowest BCUT2D eigenvalue weighted by atomic mass is 10.0. The second-order valence-corrected chi connectivity index (χ2v) is 6.66. The summed E-state index contributed by atoms with van der Waals surface area (Å²) in [5, 5.41) is 14.2. The van der Waals surface area contributed by atoms with Gasteiger partial charge in [-0.3, -0.25) is 4.98 Å². The van der Waals surface area contributed by atoms with E-state index in [4.69, 9.17) is 5.73 Å². The Morgan fingerprint density at radius 1 is 1.21 bits per heavy atom. The van der Waals surface area contributed by atoms with E-state index in [9.17, 15) is 5.26 Å². The number of imidazole rings is 1. The molecule has 6 nitrogen and oxygen atoms in total. The van der Waals surface area contributed by atoms with E-state index in [2.05, 4.69) is 28.5 Å². The third-order valence-electron chi connectivity index (χ3n) is 4.98. The maximum Gasteiger partial charge on any atom is 0.253 e. The average molecular weight is 369 g/mol. The van der Waals surface area contributed by atoms with Gasteiger partial charge in [0.1, 0.15) is 22.7 Å². The van der Waals surface area contributed by atoms with Crippen molar-refractivity contribution >= 4 is 34.4 Å². The molecule has 0 spiro atoms. The molecule has 28 heavy (non-hydrogen) atoms. The Balaban J connectivity index is 1.91. The zero-order valence-corrected chi connectivity index (χ0v) is 15.8. The van der Waals surface area contributed by atoms with E-state index in [1.165, 1.54) is 0 Å². The van der Waals surface area contributed by atoms with E-state index in [0.29, 0.717) is 5.56 Å². The van der Waals surface area contributed by atoms with Gasteiger partial charge in [0.05, 0.1) is 6.21 Å². The van der Waals surface area contributed by atoms with E-state index in [1.54, 1.807) is 6.21 Å². The van der Waals surface area contributed by atoms with Gasteiger partial charge in [0.2, 0.25) is 5.65 Å². The van der Waals surface area contributed by atoms with Crippen LogP contribution in [0.15, 0.2) is 53.6 Å². The highest BCUT2D eigenvalue weighted by Crippen LogP contribution is 2.25. The van der Waals surface area contributed by atoms with Crippen LogP contribution in [0.1, 0.15) is 29.2 Å². The van der Waals surface area contributed by atoms with Crippen LogP contribution in [0, 0.1) is 18.3 Å². The molecule has 6 heteroatoms. The molecule has 4 rings (SSSR count). The number of hydrazone groups is 1. The first-order valence-corrected chi connectivity index (χ1v) is 9.16. The normalized spacial score (nSPS) is 11.3. The molecule has 2 aromatic carbocycles. The summed E-state index contributed by atoms with van der Waals surface area (Å²) in [6.45, 7) is 4.07. The van der Waals surface area contributed by atoms with Crippen molar-refractivity contribution in [3.05, 3.63) is 70.8 Å². The molecule has 0 saturated carbocycles. The summed E-state index contributed by atoms with van der Waals surface area (Å²) in [5.41, 5.74) is 16.0. The van der Waals surface area contributed by atoms with Crippen molar-refractivity contribution in [3.8, 4) is 6.07 Å². The van der Waals surface area contributed by atoms with Gasteiger partial charge in [0, 0.05) is 11.3 Å². The Bertz CT molecular complexity index is 1240. The Labute approximate surface area is 162 Å². The number of para-hydroxylation sites is 2. The molecule has 138 valence electrons. The van der Waals surface area contributed by atoms with Crippen LogP contribution in [0.2, 0.25) is 0 Å². The zero-order valence-electron chi connectivity index (χ0n) is 15.8. The summed E-state index contributed by atoms with van der Waals surface area (Å²) in [7, 11) is 0. The lowest BCUT2D eigenvalue weighted by Crippen LogP contribution is -2.28. The van der Waals surface area contributed by atoms with Gasteiger partial charge in [-0.05, 0) is 48.7 Å². The first kappa shape index (κ1) is 17.6. The number of rotatable bonds is 4. The number of anilines is 2. The molecule has 0 amide bonds. The van der Waals surface area contributed by atoms with Crippen LogP contribution in [0.5, 0.6) is 0 Å². The summed E-state index contributed by atoms with van der Waals surface area (Å²) >= 11 is 0. The van der Waals surface area contributed by atoms with Gasteiger partial charge in [-0.1, -0.05) is 31.2 Å². The molecule has 0 aliphatic rings.